The molecule has 44 heavy (non-hydrogen) atoms. The highest BCUT2D eigenvalue weighted by Gasteiger charge is 2.18. The molecule has 0 spiro atoms. The second kappa shape index (κ2) is 9.38. The summed E-state index contributed by atoms with van der Waals surface area (Å²) in [6.45, 7) is 0. The third-order valence-corrected chi connectivity index (χ3v) is 12.2. The predicted octanol–water partition coefficient (Wildman–Crippen LogP) is 13.4. The smallest absolute Gasteiger partial charge is 0.0476 e. The second-order valence-corrected chi connectivity index (χ2v) is 14.6. The van der Waals surface area contributed by atoms with E-state index in [0.29, 0.717) is 0 Å². The highest BCUT2D eigenvalue weighted by Crippen LogP contribution is 2.45. The molecule has 0 bridgehead atoms. The zero-order chi connectivity index (χ0) is 28.8. The fourth-order valence-electron chi connectivity index (χ4n) is 6.74. The third-order valence-electron chi connectivity index (χ3n) is 8.82. The second-order valence-electron chi connectivity index (χ2n) is 11.4. The maximum atomic E-state index is 2.44. The van der Waals surface area contributed by atoms with E-state index in [9.17, 15) is 0 Å². The first-order valence-corrected chi connectivity index (χ1v) is 17.2. The number of benzene rings is 7. The average Bonchev–Trinajstić information content (AvgIpc) is 3.74. The standard InChI is InChI=1S/C40H23NS3/c1-2-8-25-20-38-33(19-24(25)7-1)34-21-26(15-18-37(34)44-38)41(27-13-16-31-29-9-3-5-11-35(29)42-39(31)22-27)28-14-17-32-30-10-4-6-12-36(30)43-40(32)23-28/h1-23H. The Kier molecular flexibility index (Phi) is 5.26. The van der Waals surface area contributed by atoms with E-state index in [4.69, 9.17) is 0 Å². The van der Waals surface area contributed by atoms with Gasteiger partial charge in [-0.15, -0.1) is 34.0 Å². The van der Waals surface area contributed by atoms with Crippen molar-refractivity contribution in [3.05, 3.63) is 140 Å². The van der Waals surface area contributed by atoms with E-state index in [1.54, 1.807) is 0 Å². The summed E-state index contributed by atoms with van der Waals surface area (Å²) in [4.78, 5) is 2.44. The normalized spacial score (nSPS) is 12.1. The molecule has 0 radical (unpaired) electrons. The summed E-state index contributed by atoms with van der Waals surface area (Å²) in [5, 5.41) is 10.5. The van der Waals surface area contributed by atoms with Crippen LogP contribution in [0.5, 0.6) is 0 Å². The van der Waals surface area contributed by atoms with Crippen molar-refractivity contribution in [1.29, 1.82) is 0 Å². The number of thiophene rings is 3. The largest absolute Gasteiger partial charge is 0.310 e. The van der Waals surface area contributed by atoms with E-state index in [2.05, 4.69) is 144 Å². The molecule has 0 aliphatic carbocycles. The lowest BCUT2D eigenvalue weighted by molar-refractivity contribution is 1.30. The molecule has 4 heteroatoms. The Morgan fingerprint density at radius 3 is 1.36 bits per heavy atom. The van der Waals surface area contributed by atoms with Crippen LogP contribution in [0.2, 0.25) is 0 Å². The van der Waals surface area contributed by atoms with E-state index in [-0.39, 0.29) is 0 Å². The van der Waals surface area contributed by atoms with Gasteiger partial charge in [-0.05, 0) is 77.5 Å². The van der Waals surface area contributed by atoms with Gasteiger partial charge in [0.25, 0.3) is 0 Å². The van der Waals surface area contributed by atoms with Crippen LogP contribution in [-0.4, -0.2) is 0 Å². The van der Waals surface area contributed by atoms with Crippen molar-refractivity contribution < 1.29 is 0 Å². The maximum Gasteiger partial charge on any atom is 0.0476 e. The SMILES string of the molecule is c1ccc2cc3c(cc2c1)sc1ccc(N(c2ccc4c(c2)sc2ccccc24)c2ccc4c(c2)sc2ccccc24)cc13. The fraction of sp³-hybridized carbons (Fsp3) is 0. The van der Waals surface area contributed by atoms with Crippen molar-refractivity contribution in [2.45, 2.75) is 0 Å². The van der Waals surface area contributed by atoms with Crippen LogP contribution in [0.4, 0.5) is 17.1 Å². The fourth-order valence-corrected chi connectivity index (χ4v) is 10.1. The molecule has 0 aliphatic heterocycles. The summed E-state index contributed by atoms with van der Waals surface area (Å²) >= 11 is 5.63. The Morgan fingerprint density at radius 2 is 0.727 bits per heavy atom. The molecule has 0 saturated carbocycles. The number of hydrogen-bond donors (Lipinski definition) is 0. The molecule has 0 N–H and O–H groups in total. The minimum Gasteiger partial charge on any atom is -0.310 e. The number of fused-ring (bicyclic) bond motifs is 10. The van der Waals surface area contributed by atoms with E-state index in [0.717, 1.165) is 0 Å². The Morgan fingerprint density at radius 1 is 0.295 bits per heavy atom. The van der Waals surface area contributed by atoms with Gasteiger partial charge < -0.3 is 4.90 Å². The summed E-state index contributed by atoms with van der Waals surface area (Å²) < 4.78 is 7.93. The van der Waals surface area contributed by atoms with Gasteiger partial charge in [0.15, 0.2) is 0 Å². The van der Waals surface area contributed by atoms with E-state index < -0.39 is 0 Å². The van der Waals surface area contributed by atoms with Gasteiger partial charge in [-0.2, -0.15) is 0 Å². The highest BCUT2D eigenvalue weighted by molar-refractivity contribution is 7.26. The van der Waals surface area contributed by atoms with Gasteiger partial charge in [0.05, 0.1) is 0 Å². The Balaban J connectivity index is 1.22. The molecule has 7 aromatic carbocycles. The van der Waals surface area contributed by atoms with E-state index in [1.807, 2.05) is 34.0 Å². The molecule has 0 amide bonds. The van der Waals surface area contributed by atoms with E-state index in [1.165, 1.54) is 88.4 Å². The number of anilines is 3. The Labute approximate surface area is 265 Å². The summed E-state index contributed by atoms with van der Waals surface area (Å²) in [5.41, 5.74) is 3.52. The van der Waals surface area contributed by atoms with Crippen LogP contribution in [0.1, 0.15) is 0 Å². The number of nitrogens with zero attached hydrogens (tertiary/aromatic N) is 1. The van der Waals surface area contributed by atoms with E-state index >= 15 is 0 Å². The summed E-state index contributed by atoms with van der Waals surface area (Å²) in [7, 11) is 0. The average molecular weight is 614 g/mol. The Bertz CT molecular complexity index is 2630. The third kappa shape index (κ3) is 3.69. The van der Waals surface area contributed by atoms with Crippen molar-refractivity contribution in [2.24, 2.45) is 0 Å². The van der Waals surface area contributed by atoms with Crippen molar-refractivity contribution in [2.75, 3.05) is 4.90 Å². The van der Waals surface area contributed by atoms with Crippen LogP contribution in [0, 0.1) is 0 Å². The molecule has 0 saturated heterocycles. The topological polar surface area (TPSA) is 3.24 Å². The molecule has 206 valence electrons. The molecule has 0 fully saturated rings. The van der Waals surface area contributed by atoms with Gasteiger partial charge in [-0.25, -0.2) is 0 Å². The van der Waals surface area contributed by atoms with Crippen LogP contribution in [0.3, 0.4) is 0 Å². The van der Waals surface area contributed by atoms with Crippen LogP contribution < -0.4 is 4.90 Å². The van der Waals surface area contributed by atoms with Crippen LogP contribution in [0.25, 0.3) is 71.3 Å². The highest BCUT2D eigenvalue weighted by atomic mass is 32.1. The zero-order valence-electron chi connectivity index (χ0n) is 23.5. The molecule has 10 rings (SSSR count). The lowest BCUT2D eigenvalue weighted by Crippen LogP contribution is -2.09. The van der Waals surface area contributed by atoms with Crippen molar-refractivity contribution in [3.63, 3.8) is 0 Å². The first kappa shape index (κ1) is 24.7. The minimum absolute atomic E-state index is 1.17. The van der Waals surface area contributed by atoms with Crippen molar-refractivity contribution in [3.8, 4) is 0 Å². The van der Waals surface area contributed by atoms with Crippen molar-refractivity contribution in [1.82, 2.24) is 0 Å². The summed E-state index contributed by atoms with van der Waals surface area (Å²) in [6, 6.07) is 51.8. The molecule has 10 aromatic rings. The number of hydrogen-bond acceptors (Lipinski definition) is 4. The molecular formula is C40H23NS3. The molecule has 3 heterocycles. The van der Waals surface area contributed by atoms with Gasteiger partial charge in [0, 0.05) is 77.6 Å². The first-order valence-electron chi connectivity index (χ1n) is 14.7. The number of rotatable bonds is 3. The first-order chi connectivity index (χ1) is 21.8. The molecule has 0 unspecified atom stereocenters. The quantitative estimate of drug-likeness (QED) is 0.192. The van der Waals surface area contributed by atoms with Crippen LogP contribution in [-0.2, 0) is 0 Å². The lowest BCUT2D eigenvalue weighted by Gasteiger charge is -2.26. The molecule has 0 atom stereocenters. The predicted molar refractivity (Wildman–Crippen MR) is 197 cm³/mol. The van der Waals surface area contributed by atoms with Gasteiger partial charge in [0.2, 0.25) is 0 Å². The molecular weight excluding hydrogens is 591 g/mol. The summed E-state index contributed by atoms with van der Waals surface area (Å²) in [5.74, 6) is 0. The van der Waals surface area contributed by atoms with Gasteiger partial charge in [-0.1, -0.05) is 72.8 Å². The molecule has 0 aliphatic rings. The van der Waals surface area contributed by atoms with Crippen LogP contribution >= 0.6 is 34.0 Å². The minimum atomic E-state index is 1.17. The van der Waals surface area contributed by atoms with Crippen molar-refractivity contribution >= 4 is 122 Å². The Hall–Kier alpha value is -4.74. The van der Waals surface area contributed by atoms with Gasteiger partial charge in [0.1, 0.15) is 0 Å². The van der Waals surface area contributed by atoms with Crippen LogP contribution in [0.15, 0.2) is 140 Å². The maximum absolute atomic E-state index is 2.44. The monoisotopic (exact) mass is 613 g/mol. The van der Waals surface area contributed by atoms with Gasteiger partial charge in [-0.3, -0.25) is 0 Å². The molecule has 3 aromatic heterocycles. The summed E-state index contributed by atoms with van der Waals surface area (Å²) in [6.07, 6.45) is 0. The lowest BCUT2D eigenvalue weighted by atomic mass is 10.1. The van der Waals surface area contributed by atoms with Gasteiger partial charge >= 0.3 is 0 Å². The zero-order valence-corrected chi connectivity index (χ0v) is 25.9. The molecule has 1 nitrogen and oxygen atoms in total.